The van der Waals surface area contributed by atoms with E-state index in [-0.39, 0.29) is 17.0 Å². The van der Waals surface area contributed by atoms with Gasteiger partial charge in [-0.2, -0.15) is 9.13 Å². The fraction of sp³-hybridized carbons (Fsp3) is 0.171. The zero-order valence-electron chi connectivity index (χ0n) is 25.9. The zero-order valence-corrected chi connectivity index (χ0v) is 27.5. The summed E-state index contributed by atoms with van der Waals surface area (Å²) >= 11 is 0. The van der Waals surface area contributed by atoms with Gasteiger partial charge in [-0.05, 0) is 47.9 Å². The molecular formula is C41H38BrN4+. The van der Waals surface area contributed by atoms with Crippen LogP contribution in [-0.2, 0) is 13.1 Å². The van der Waals surface area contributed by atoms with Gasteiger partial charge in [0.15, 0.2) is 12.4 Å². The van der Waals surface area contributed by atoms with Crippen LogP contribution in [0.5, 0.6) is 0 Å². The van der Waals surface area contributed by atoms with Crippen molar-refractivity contribution in [1.82, 2.24) is 0 Å². The smallest absolute Gasteiger partial charge is 0.213 e. The summed E-state index contributed by atoms with van der Waals surface area (Å²) in [4.78, 5) is 0. The number of anilines is 2. The van der Waals surface area contributed by atoms with Crippen LogP contribution in [0.4, 0.5) is 11.4 Å². The van der Waals surface area contributed by atoms with E-state index in [9.17, 15) is 0 Å². The molecule has 0 atom stereocenters. The number of aromatic nitrogens is 2. The third kappa shape index (κ3) is 5.19. The maximum atomic E-state index is 6.49. The van der Waals surface area contributed by atoms with Gasteiger partial charge in [0.2, 0.25) is 11.0 Å². The highest BCUT2D eigenvalue weighted by atomic mass is 79.9. The molecule has 0 unspecified atom stereocenters. The first kappa shape index (κ1) is 29.9. The van der Waals surface area contributed by atoms with Crippen molar-refractivity contribution in [2.24, 2.45) is 0 Å². The number of halogens is 1. The Morgan fingerprint density at radius 3 is 1.15 bits per heavy atom. The van der Waals surface area contributed by atoms with Crippen molar-refractivity contribution in [1.29, 1.82) is 0 Å². The molecule has 0 saturated heterocycles. The number of nitrogens with two attached hydrogens (primary N) is 2. The SMILES string of the molecule is Nc1cc2c(c[n+](CCCCCCC[n+]3cc4c5ccccc5c(N)cc4c4ccccc43)c3ccccc23)c2ccccc12.[Br-]. The van der Waals surface area contributed by atoms with Crippen LogP contribution < -0.4 is 37.6 Å². The third-order valence-electron chi connectivity index (χ3n) is 9.61. The Morgan fingerprint density at radius 2 is 0.717 bits per heavy atom. The summed E-state index contributed by atoms with van der Waals surface area (Å²) in [7, 11) is 0. The van der Waals surface area contributed by atoms with Gasteiger partial charge in [-0.25, -0.2) is 0 Å². The fourth-order valence-electron chi connectivity index (χ4n) is 7.39. The number of hydrogen-bond donors (Lipinski definition) is 2. The second-order valence-corrected chi connectivity index (χ2v) is 12.4. The fourth-order valence-corrected chi connectivity index (χ4v) is 7.39. The Labute approximate surface area is 279 Å². The van der Waals surface area contributed by atoms with E-state index >= 15 is 0 Å². The van der Waals surface area contributed by atoms with Crippen LogP contribution in [0.2, 0.25) is 0 Å². The summed E-state index contributed by atoms with van der Waals surface area (Å²) in [5.41, 5.74) is 17.2. The lowest BCUT2D eigenvalue weighted by atomic mass is 9.98. The highest BCUT2D eigenvalue weighted by Crippen LogP contribution is 2.34. The lowest BCUT2D eigenvalue weighted by molar-refractivity contribution is -0.670. The number of aryl methyl sites for hydroxylation is 2. The van der Waals surface area contributed by atoms with Crippen molar-refractivity contribution in [3.8, 4) is 0 Å². The molecule has 0 saturated carbocycles. The minimum atomic E-state index is 0. The number of hydrogen-bond acceptors (Lipinski definition) is 2. The summed E-state index contributed by atoms with van der Waals surface area (Å²) in [6.07, 6.45) is 10.7. The predicted octanol–water partition coefficient (Wildman–Crippen LogP) is 6.00. The molecule has 0 amide bonds. The summed E-state index contributed by atoms with van der Waals surface area (Å²) in [5.74, 6) is 0. The summed E-state index contributed by atoms with van der Waals surface area (Å²) in [6.45, 7) is 2.02. The maximum Gasteiger partial charge on any atom is 0.213 e. The van der Waals surface area contributed by atoms with E-state index in [0.29, 0.717) is 0 Å². The van der Waals surface area contributed by atoms with Crippen molar-refractivity contribution in [2.75, 3.05) is 11.5 Å². The number of fused-ring (bicyclic) bond motifs is 10. The predicted molar refractivity (Wildman–Crippen MR) is 190 cm³/mol. The molecule has 8 aromatic rings. The van der Waals surface area contributed by atoms with Crippen molar-refractivity contribution in [2.45, 2.75) is 45.2 Å². The lowest BCUT2D eigenvalue weighted by Crippen LogP contribution is -3.00. The van der Waals surface area contributed by atoms with Crippen LogP contribution in [-0.4, -0.2) is 0 Å². The average Bonchev–Trinajstić information content (AvgIpc) is 3.09. The Hall–Kier alpha value is -4.74. The zero-order chi connectivity index (χ0) is 30.3. The van der Waals surface area contributed by atoms with Crippen LogP contribution in [0.15, 0.2) is 122 Å². The molecule has 0 aliphatic heterocycles. The molecule has 2 heterocycles. The van der Waals surface area contributed by atoms with Crippen molar-refractivity contribution in [3.05, 3.63) is 122 Å². The first-order valence-electron chi connectivity index (χ1n) is 16.2. The topological polar surface area (TPSA) is 59.8 Å². The number of nitrogen functional groups attached to an aromatic ring is 2. The molecule has 228 valence electrons. The molecule has 2 aromatic heterocycles. The number of benzene rings is 6. The second kappa shape index (κ2) is 12.6. The van der Waals surface area contributed by atoms with Crippen LogP contribution in [0.25, 0.3) is 64.9 Å². The number of nitrogens with zero attached hydrogens (tertiary/aromatic N) is 2. The molecule has 0 aliphatic carbocycles. The molecule has 0 fully saturated rings. The third-order valence-corrected chi connectivity index (χ3v) is 9.61. The molecule has 0 bridgehead atoms. The maximum absolute atomic E-state index is 6.49. The monoisotopic (exact) mass is 665 g/mol. The highest BCUT2D eigenvalue weighted by Gasteiger charge is 2.18. The van der Waals surface area contributed by atoms with Gasteiger partial charge in [0, 0.05) is 57.9 Å². The second-order valence-electron chi connectivity index (χ2n) is 12.4. The molecule has 8 rings (SSSR count). The van der Waals surface area contributed by atoms with Gasteiger partial charge in [0.25, 0.3) is 0 Å². The summed E-state index contributed by atoms with van der Waals surface area (Å²) in [5, 5.41) is 12.2. The van der Waals surface area contributed by atoms with E-state index < -0.39 is 0 Å². The molecule has 46 heavy (non-hydrogen) atoms. The first-order chi connectivity index (χ1) is 22.2. The van der Waals surface area contributed by atoms with Gasteiger partial charge in [-0.15, -0.1) is 0 Å². The van der Waals surface area contributed by atoms with Crippen LogP contribution >= 0.6 is 0 Å². The number of unbranched alkanes of at least 4 members (excludes halogenated alkanes) is 4. The minimum Gasteiger partial charge on any atom is -1.00 e. The molecule has 6 aromatic carbocycles. The number of rotatable bonds is 8. The molecule has 0 spiro atoms. The number of pyridine rings is 2. The standard InChI is InChI=1S/C41H36N4.BrH/c42-38-24-34-32-18-8-10-20-40(32)44(26-36(34)28-14-4-6-16-30(28)38)22-12-2-1-3-13-23-45-27-37-29-15-5-7-17-31(29)39(43)25-35(37)33-19-9-11-21-41(33)45;/h4-11,14-21,24-27,42-43H,1-3,12-13,22-23H2;1H/p+1. The molecule has 4 nitrogen and oxygen atoms in total. The summed E-state index contributed by atoms with van der Waals surface area (Å²) < 4.78 is 4.91. The van der Waals surface area contributed by atoms with Gasteiger partial charge in [0.05, 0.1) is 21.5 Å². The largest absolute Gasteiger partial charge is 1.00 e. The van der Waals surface area contributed by atoms with Crippen LogP contribution in [0.1, 0.15) is 32.1 Å². The van der Waals surface area contributed by atoms with Gasteiger partial charge >= 0.3 is 0 Å². The van der Waals surface area contributed by atoms with Gasteiger partial charge in [-0.3, -0.25) is 0 Å². The Morgan fingerprint density at radius 1 is 0.370 bits per heavy atom. The molecule has 4 N–H and O–H groups in total. The van der Waals surface area contributed by atoms with E-state index in [1.165, 1.54) is 73.4 Å². The minimum absolute atomic E-state index is 0. The molecule has 5 heteroatoms. The number of para-hydroxylation sites is 2. The Balaban J connectivity index is 0.00000338. The van der Waals surface area contributed by atoms with Crippen molar-refractivity contribution >= 4 is 76.3 Å². The van der Waals surface area contributed by atoms with Crippen molar-refractivity contribution in [3.63, 3.8) is 0 Å². The van der Waals surface area contributed by atoms with E-state index in [1.54, 1.807) is 0 Å². The van der Waals surface area contributed by atoms with Crippen LogP contribution in [0, 0.1) is 0 Å². The van der Waals surface area contributed by atoms with Gasteiger partial charge in [0.1, 0.15) is 13.1 Å². The van der Waals surface area contributed by atoms with E-state index in [0.717, 1.165) is 48.1 Å². The van der Waals surface area contributed by atoms with E-state index in [2.05, 4.69) is 131 Å². The van der Waals surface area contributed by atoms with Crippen molar-refractivity contribution < 1.29 is 26.1 Å². The molecular weight excluding hydrogens is 628 g/mol. The quantitative estimate of drug-likeness (QED) is 0.0906. The normalized spacial score (nSPS) is 11.7. The lowest BCUT2D eigenvalue weighted by Gasteiger charge is -2.10. The molecule has 0 radical (unpaired) electrons. The Bertz CT molecular complexity index is 2230. The average molecular weight is 667 g/mol. The van der Waals surface area contributed by atoms with Gasteiger partial charge in [-0.1, -0.05) is 79.2 Å². The highest BCUT2D eigenvalue weighted by molar-refractivity contribution is 6.19. The Kier molecular flexibility index (Phi) is 8.18. The summed E-state index contributed by atoms with van der Waals surface area (Å²) in [6, 6.07) is 38.8. The first-order valence-corrected chi connectivity index (χ1v) is 16.2. The van der Waals surface area contributed by atoms with Gasteiger partial charge < -0.3 is 28.4 Å². The molecule has 0 aliphatic rings. The van der Waals surface area contributed by atoms with E-state index in [1.807, 2.05) is 0 Å². The van der Waals surface area contributed by atoms with Crippen LogP contribution in [0.3, 0.4) is 0 Å². The van der Waals surface area contributed by atoms with E-state index in [4.69, 9.17) is 11.5 Å².